The predicted octanol–water partition coefficient (Wildman–Crippen LogP) is 0.429. The third kappa shape index (κ3) is 2.94. The average Bonchev–Trinajstić information content (AvgIpc) is 2.59. The molecule has 5 nitrogen and oxygen atoms in total. The quantitative estimate of drug-likeness (QED) is 0.847. The summed E-state index contributed by atoms with van der Waals surface area (Å²) in [7, 11) is 0. The first-order valence-electron chi connectivity index (χ1n) is 6.27. The molecule has 1 aliphatic rings. The summed E-state index contributed by atoms with van der Waals surface area (Å²) < 4.78 is 13.9. The number of β-amino-alcohol motifs (C(OH)–C–C–N with tert-alkyl or cyclic N) is 1. The average molecular weight is 254 g/mol. The first-order valence-corrected chi connectivity index (χ1v) is 6.27. The van der Waals surface area contributed by atoms with E-state index in [4.69, 9.17) is 5.11 Å². The minimum absolute atomic E-state index is 0.168. The van der Waals surface area contributed by atoms with Crippen LogP contribution in [-0.4, -0.2) is 59.3 Å². The lowest BCUT2D eigenvalue weighted by molar-refractivity contribution is 0.204. The topological polar surface area (TPSA) is 52.5 Å². The predicted molar refractivity (Wildman–Crippen MR) is 67.1 cm³/mol. The molecule has 2 rings (SSSR count). The molecule has 1 N–H and O–H groups in total. The van der Waals surface area contributed by atoms with Crippen LogP contribution >= 0.6 is 0 Å². The lowest BCUT2D eigenvalue weighted by atomic mass is 10.3. The zero-order chi connectivity index (χ0) is 13.0. The van der Waals surface area contributed by atoms with E-state index < -0.39 is 0 Å². The van der Waals surface area contributed by atoms with E-state index in [9.17, 15) is 4.39 Å². The molecule has 6 heteroatoms. The van der Waals surface area contributed by atoms with Crippen LogP contribution in [0.1, 0.15) is 12.1 Å². The zero-order valence-corrected chi connectivity index (χ0v) is 10.6. The number of nitrogens with zero attached hydrogens (tertiary/aromatic N) is 4. The SMILES string of the molecule is Cc1ncnc(N2CCCN(CCO)CC2)c1F. The third-order valence-corrected chi connectivity index (χ3v) is 3.25. The molecule has 0 atom stereocenters. The Bertz CT molecular complexity index is 402. The maximum atomic E-state index is 13.9. The summed E-state index contributed by atoms with van der Waals surface area (Å²) in [5.74, 6) is 0.0708. The molecule has 100 valence electrons. The maximum Gasteiger partial charge on any atom is 0.186 e. The van der Waals surface area contributed by atoms with Crippen molar-refractivity contribution in [1.82, 2.24) is 14.9 Å². The van der Waals surface area contributed by atoms with E-state index in [0.717, 1.165) is 32.6 Å². The van der Waals surface area contributed by atoms with Crippen molar-refractivity contribution < 1.29 is 9.50 Å². The van der Waals surface area contributed by atoms with Crippen LogP contribution in [0.2, 0.25) is 0 Å². The molecular weight excluding hydrogens is 235 g/mol. The van der Waals surface area contributed by atoms with Gasteiger partial charge >= 0.3 is 0 Å². The Morgan fingerprint density at radius 1 is 1.28 bits per heavy atom. The number of hydrogen-bond donors (Lipinski definition) is 1. The Hall–Kier alpha value is -1.27. The molecule has 1 saturated heterocycles. The summed E-state index contributed by atoms with van der Waals surface area (Å²) in [6.07, 6.45) is 2.35. The number of aliphatic hydroxyl groups excluding tert-OH is 1. The molecule has 0 unspecified atom stereocenters. The van der Waals surface area contributed by atoms with Crippen LogP contribution in [0.5, 0.6) is 0 Å². The van der Waals surface area contributed by atoms with Crippen molar-refractivity contribution in [3.05, 3.63) is 17.8 Å². The molecule has 0 amide bonds. The summed E-state index contributed by atoms with van der Waals surface area (Å²) in [5, 5.41) is 8.94. The van der Waals surface area contributed by atoms with Gasteiger partial charge in [-0.2, -0.15) is 0 Å². The zero-order valence-electron chi connectivity index (χ0n) is 10.6. The van der Waals surface area contributed by atoms with Crippen LogP contribution in [-0.2, 0) is 0 Å². The molecule has 0 aromatic carbocycles. The fraction of sp³-hybridized carbons (Fsp3) is 0.667. The number of hydrogen-bond acceptors (Lipinski definition) is 5. The van der Waals surface area contributed by atoms with E-state index in [-0.39, 0.29) is 12.4 Å². The van der Waals surface area contributed by atoms with Crippen LogP contribution in [0.25, 0.3) is 0 Å². The second kappa shape index (κ2) is 6.06. The minimum Gasteiger partial charge on any atom is -0.395 e. The molecule has 0 saturated carbocycles. The van der Waals surface area contributed by atoms with E-state index in [1.165, 1.54) is 6.33 Å². The van der Waals surface area contributed by atoms with Gasteiger partial charge in [-0.05, 0) is 19.9 Å². The second-order valence-corrected chi connectivity index (χ2v) is 4.50. The van der Waals surface area contributed by atoms with E-state index in [1.807, 2.05) is 4.90 Å². The van der Waals surface area contributed by atoms with E-state index in [0.29, 0.717) is 18.1 Å². The molecule has 1 aliphatic heterocycles. The molecule has 0 spiro atoms. The lowest BCUT2D eigenvalue weighted by Gasteiger charge is -2.22. The number of aromatic nitrogens is 2. The monoisotopic (exact) mass is 254 g/mol. The number of anilines is 1. The summed E-state index contributed by atoms with van der Waals surface area (Å²) in [5.41, 5.74) is 0.386. The van der Waals surface area contributed by atoms with E-state index >= 15 is 0 Å². The van der Waals surface area contributed by atoms with Crippen LogP contribution in [0, 0.1) is 12.7 Å². The van der Waals surface area contributed by atoms with Gasteiger partial charge in [-0.15, -0.1) is 0 Å². The Morgan fingerprint density at radius 2 is 2.11 bits per heavy atom. The lowest BCUT2D eigenvalue weighted by Crippen LogP contribution is -2.33. The van der Waals surface area contributed by atoms with Crippen molar-refractivity contribution in [3.63, 3.8) is 0 Å². The van der Waals surface area contributed by atoms with Crippen molar-refractivity contribution in [3.8, 4) is 0 Å². The highest BCUT2D eigenvalue weighted by molar-refractivity contribution is 5.40. The highest BCUT2D eigenvalue weighted by Gasteiger charge is 2.19. The Balaban J connectivity index is 2.07. The first kappa shape index (κ1) is 13.2. The van der Waals surface area contributed by atoms with Gasteiger partial charge < -0.3 is 10.0 Å². The van der Waals surface area contributed by atoms with Crippen LogP contribution in [0.15, 0.2) is 6.33 Å². The van der Waals surface area contributed by atoms with Crippen LogP contribution in [0.4, 0.5) is 10.2 Å². The van der Waals surface area contributed by atoms with Gasteiger partial charge in [0, 0.05) is 26.2 Å². The second-order valence-electron chi connectivity index (χ2n) is 4.50. The standard InChI is InChI=1S/C12H19FN4O/c1-10-11(13)12(15-9-14-10)17-4-2-3-16(5-6-17)7-8-18/h9,18H,2-8H2,1H3. The van der Waals surface area contributed by atoms with Gasteiger partial charge in [0.1, 0.15) is 6.33 Å². The number of aliphatic hydroxyl groups is 1. The molecule has 1 aromatic rings. The summed E-state index contributed by atoms with van der Waals surface area (Å²) >= 11 is 0. The van der Waals surface area contributed by atoms with E-state index in [2.05, 4.69) is 14.9 Å². The smallest absolute Gasteiger partial charge is 0.186 e. The third-order valence-electron chi connectivity index (χ3n) is 3.25. The molecule has 1 fully saturated rings. The Labute approximate surface area is 106 Å². The van der Waals surface area contributed by atoms with Crippen LogP contribution in [0.3, 0.4) is 0 Å². The molecule has 0 bridgehead atoms. The highest BCUT2D eigenvalue weighted by atomic mass is 19.1. The van der Waals surface area contributed by atoms with Crippen molar-refractivity contribution in [2.75, 3.05) is 44.2 Å². The van der Waals surface area contributed by atoms with E-state index in [1.54, 1.807) is 6.92 Å². The highest BCUT2D eigenvalue weighted by Crippen LogP contribution is 2.18. The van der Waals surface area contributed by atoms with Gasteiger partial charge in [0.2, 0.25) is 0 Å². The van der Waals surface area contributed by atoms with Crippen LogP contribution < -0.4 is 4.90 Å². The molecular formula is C12H19FN4O. The molecule has 0 aliphatic carbocycles. The largest absolute Gasteiger partial charge is 0.395 e. The normalized spacial score (nSPS) is 17.8. The molecule has 1 aromatic heterocycles. The van der Waals surface area contributed by atoms with Gasteiger partial charge in [0.05, 0.1) is 12.3 Å². The van der Waals surface area contributed by atoms with Gasteiger partial charge in [-0.25, -0.2) is 14.4 Å². The van der Waals surface area contributed by atoms with Crippen molar-refractivity contribution in [2.24, 2.45) is 0 Å². The Kier molecular flexibility index (Phi) is 4.43. The van der Waals surface area contributed by atoms with Gasteiger partial charge in [-0.3, -0.25) is 4.90 Å². The molecule has 18 heavy (non-hydrogen) atoms. The summed E-state index contributed by atoms with van der Waals surface area (Å²) in [6.45, 7) is 5.77. The fourth-order valence-electron chi connectivity index (χ4n) is 2.21. The minimum atomic E-state index is -0.326. The van der Waals surface area contributed by atoms with Gasteiger partial charge in [0.15, 0.2) is 11.6 Å². The molecule has 0 radical (unpaired) electrons. The van der Waals surface area contributed by atoms with Crippen molar-refractivity contribution in [1.29, 1.82) is 0 Å². The summed E-state index contributed by atoms with van der Waals surface area (Å²) in [4.78, 5) is 12.0. The fourth-order valence-corrected chi connectivity index (χ4v) is 2.21. The Morgan fingerprint density at radius 3 is 2.89 bits per heavy atom. The summed E-state index contributed by atoms with van der Waals surface area (Å²) in [6, 6.07) is 0. The van der Waals surface area contributed by atoms with Crippen molar-refractivity contribution >= 4 is 5.82 Å². The van der Waals surface area contributed by atoms with Gasteiger partial charge in [0.25, 0.3) is 0 Å². The number of halogens is 1. The number of aryl methyl sites for hydroxylation is 1. The first-order chi connectivity index (χ1) is 8.72. The van der Waals surface area contributed by atoms with Crippen molar-refractivity contribution in [2.45, 2.75) is 13.3 Å². The maximum absolute atomic E-state index is 13.9. The van der Waals surface area contributed by atoms with Gasteiger partial charge in [-0.1, -0.05) is 0 Å². The molecule has 2 heterocycles. The number of rotatable bonds is 3.